The number of hydrogen-bond acceptors (Lipinski definition) is 3. The normalized spacial score (nSPS) is 14.1. The molecule has 0 aliphatic carbocycles. The monoisotopic (exact) mass is 173 g/mol. The van der Waals surface area contributed by atoms with Gasteiger partial charge in [-0.3, -0.25) is 4.79 Å². The lowest BCUT2D eigenvalue weighted by Crippen LogP contribution is -2.24. The quantitative estimate of drug-likeness (QED) is 0.661. The molecule has 0 aromatic carbocycles. The van der Waals surface area contributed by atoms with Gasteiger partial charge in [0.2, 0.25) is 0 Å². The summed E-state index contributed by atoms with van der Waals surface area (Å²) in [6.45, 7) is 8.20. The molecular weight excluding hydrogens is 154 g/mol. The van der Waals surface area contributed by atoms with Gasteiger partial charge in [0.25, 0.3) is 0 Å². The van der Waals surface area contributed by atoms with E-state index in [0.29, 0.717) is 0 Å². The summed E-state index contributed by atoms with van der Waals surface area (Å²) in [7, 11) is 1.59. The van der Waals surface area contributed by atoms with E-state index in [1.165, 1.54) is 0 Å². The molecule has 1 atom stereocenters. The molecule has 72 valence electrons. The third kappa shape index (κ3) is 5.13. The van der Waals surface area contributed by atoms with Crippen molar-refractivity contribution < 1.29 is 9.63 Å². The summed E-state index contributed by atoms with van der Waals surface area (Å²) in [5.41, 5.74) is 2.56. The van der Waals surface area contributed by atoms with E-state index in [0.717, 1.165) is 6.42 Å². The van der Waals surface area contributed by atoms with Crippen molar-refractivity contribution in [2.75, 3.05) is 7.05 Å². The predicted molar refractivity (Wildman–Crippen MR) is 48.4 cm³/mol. The van der Waals surface area contributed by atoms with Gasteiger partial charge in [0.05, 0.1) is 5.92 Å². The molecular formula is C9H19NO2. The lowest BCUT2D eigenvalue weighted by Gasteiger charge is -2.21. The molecule has 3 heteroatoms. The lowest BCUT2D eigenvalue weighted by atomic mass is 9.85. The zero-order chi connectivity index (χ0) is 9.78. The molecule has 0 amide bonds. The largest absolute Gasteiger partial charge is 0.371 e. The Bertz CT molecular complexity index is 149. The van der Waals surface area contributed by atoms with Crippen LogP contribution in [-0.2, 0) is 9.63 Å². The van der Waals surface area contributed by atoms with Crippen molar-refractivity contribution in [1.29, 1.82) is 0 Å². The first-order valence-corrected chi connectivity index (χ1v) is 4.24. The van der Waals surface area contributed by atoms with E-state index in [-0.39, 0.29) is 17.3 Å². The first-order chi connectivity index (χ1) is 5.37. The molecule has 0 aliphatic heterocycles. The van der Waals surface area contributed by atoms with E-state index < -0.39 is 0 Å². The van der Waals surface area contributed by atoms with Crippen LogP contribution in [0.2, 0.25) is 0 Å². The summed E-state index contributed by atoms with van der Waals surface area (Å²) in [6, 6.07) is 0. The summed E-state index contributed by atoms with van der Waals surface area (Å²) in [6.07, 6.45) is 0.841. The van der Waals surface area contributed by atoms with Gasteiger partial charge in [0, 0.05) is 7.05 Å². The summed E-state index contributed by atoms with van der Waals surface area (Å²) in [4.78, 5) is 15.8. The zero-order valence-electron chi connectivity index (χ0n) is 8.60. The van der Waals surface area contributed by atoms with Crippen LogP contribution in [0.5, 0.6) is 0 Å². The second-order valence-electron chi connectivity index (χ2n) is 4.29. The maximum absolute atomic E-state index is 11.1. The SMILES string of the molecule is CNOC(=O)C(C)CC(C)(C)C. The second kappa shape index (κ2) is 4.45. The van der Waals surface area contributed by atoms with Crippen molar-refractivity contribution in [2.24, 2.45) is 11.3 Å². The van der Waals surface area contributed by atoms with E-state index in [9.17, 15) is 4.79 Å². The van der Waals surface area contributed by atoms with Gasteiger partial charge in [-0.25, -0.2) is 0 Å². The third-order valence-corrected chi connectivity index (χ3v) is 1.52. The van der Waals surface area contributed by atoms with E-state index in [2.05, 4.69) is 31.1 Å². The van der Waals surface area contributed by atoms with Crippen LogP contribution in [0.15, 0.2) is 0 Å². The predicted octanol–water partition coefficient (Wildman–Crippen LogP) is 1.74. The fraction of sp³-hybridized carbons (Fsp3) is 0.889. The summed E-state index contributed by atoms with van der Waals surface area (Å²) >= 11 is 0. The van der Waals surface area contributed by atoms with Crippen LogP contribution in [-0.4, -0.2) is 13.0 Å². The molecule has 1 unspecified atom stereocenters. The first-order valence-electron chi connectivity index (χ1n) is 4.24. The van der Waals surface area contributed by atoms with Gasteiger partial charge in [0.1, 0.15) is 0 Å². The van der Waals surface area contributed by atoms with Gasteiger partial charge >= 0.3 is 5.97 Å². The van der Waals surface area contributed by atoms with E-state index in [1.54, 1.807) is 7.05 Å². The molecule has 0 fully saturated rings. The van der Waals surface area contributed by atoms with Gasteiger partial charge < -0.3 is 4.84 Å². The minimum absolute atomic E-state index is 0.0440. The minimum atomic E-state index is -0.188. The standard InChI is InChI=1S/C9H19NO2/c1-7(6-9(2,3)4)8(11)12-10-5/h7,10H,6H2,1-5H3. The van der Waals surface area contributed by atoms with Gasteiger partial charge in [-0.2, -0.15) is 5.48 Å². The Kier molecular flexibility index (Phi) is 4.24. The van der Waals surface area contributed by atoms with Crippen molar-refractivity contribution in [3.05, 3.63) is 0 Å². The molecule has 0 aromatic rings. The summed E-state index contributed by atoms with van der Waals surface area (Å²) < 4.78 is 0. The van der Waals surface area contributed by atoms with Gasteiger partial charge in [-0.05, 0) is 11.8 Å². The molecule has 0 heterocycles. The van der Waals surface area contributed by atoms with Crippen LogP contribution < -0.4 is 5.48 Å². The number of rotatable bonds is 3. The van der Waals surface area contributed by atoms with Crippen LogP contribution in [0.1, 0.15) is 34.1 Å². The Morgan fingerprint density at radius 1 is 1.50 bits per heavy atom. The molecule has 1 N–H and O–H groups in total. The highest BCUT2D eigenvalue weighted by molar-refractivity contribution is 5.71. The Morgan fingerprint density at radius 2 is 2.00 bits per heavy atom. The van der Waals surface area contributed by atoms with Crippen LogP contribution >= 0.6 is 0 Å². The molecule has 3 nitrogen and oxygen atoms in total. The number of nitrogens with one attached hydrogen (secondary N) is 1. The van der Waals surface area contributed by atoms with Crippen LogP contribution in [0.25, 0.3) is 0 Å². The van der Waals surface area contributed by atoms with E-state index >= 15 is 0 Å². The number of hydroxylamine groups is 1. The van der Waals surface area contributed by atoms with Crippen molar-refractivity contribution in [3.8, 4) is 0 Å². The Balaban J connectivity index is 3.87. The number of carbonyl (C=O) groups excluding carboxylic acids is 1. The molecule has 0 saturated heterocycles. The van der Waals surface area contributed by atoms with Crippen molar-refractivity contribution in [1.82, 2.24) is 5.48 Å². The highest BCUT2D eigenvalue weighted by atomic mass is 16.7. The topological polar surface area (TPSA) is 38.3 Å². The molecule has 0 spiro atoms. The Labute approximate surface area is 74.4 Å². The van der Waals surface area contributed by atoms with Crippen molar-refractivity contribution >= 4 is 5.97 Å². The maximum Gasteiger partial charge on any atom is 0.327 e. The zero-order valence-corrected chi connectivity index (χ0v) is 8.60. The highest BCUT2D eigenvalue weighted by Gasteiger charge is 2.21. The number of hydrogen-bond donors (Lipinski definition) is 1. The molecule has 0 aliphatic rings. The van der Waals surface area contributed by atoms with Crippen molar-refractivity contribution in [3.63, 3.8) is 0 Å². The molecule has 0 bridgehead atoms. The third-order valence-electron chi connectivity index (χ3n) is 1.52. The number of carbonyl (C=O) groups is 1. The first kappa shape index (κ1) is 11.4. The lowest BCUT2D eigenvalue weighted by molar-refractivity contribution is -0.155. The smallest absolute Gasteiger partial charge is 0.327 e. The Morgan fingerprint density at radius 3 is 2.33 bits per heavy atom. The molecule has 0 rings (SSSR count). The van der Waals surface area contributed by atoms with Crippen LogP contribution in [0.3, 0.4) is 0 Å². The summed E-state index contributed by atoms with van der Waals surface area (Å²) in [5, 5.41) is 0. The van der Waals surface area contributed by atoms with E-state index in [4.69, 9.17) is 0 Å². The van der Waals surface area contributed by atoms with Gasteiger partial charge in [-0.15, -0.1) is 0 Å². The average molecular weight is 173 g/mol. The van der Waals surface area contributed by atoms with Crippen molar-refractivity contribution in [2.45, 2.75) is 34.1 Å². The molecule has 0 radical (unpaired) electrons. The van der Waals surface area contributed by atoms with E-state index in [1.807, 2.05) is 6.92 Å². The second-order valence-corrected chi connectivity index (χ2v) is 4.29. The highest BCUT2D eigenvalue weighted by Crippen LogP contribution is 2.24. The maximum atomic E-state index is 11.1. The van der Waals surface area contributed by atoms with Gasteiger partial charge in [-0.1, -0.05) is 27.7 Å². The minimum Gasteiger partial charge on any atom is -0.371 e. The molecule has 0 saturated carbocycles. The average Bonchev–Trinajstić information content (AvgIpc) is 1.84. The summed E-state index contributed by atoms with van der Waals surface area (Å²) in [5.74, 6) is -0.232. The fourth-order valence-electron chi connectivity index (χ4n) is 1.20. The molecule has 0 aromatic heterocycles. The Hall–Kier alpha value is -0.570. The fourth-order valence-corrected chi connectivity index (χ4v) is 1.20. The van der Waals surface area contributed by atoms with Crippen LogP contribution in [0, 0.1) is 11.3 Å². The molecule has 12 heavy (non-hydrogen) atoms. The van der Waals surface area contributed by atoms with Gasteiger partial charge in [0.15, 0.2) is 0 Å². The van der Waals surface area contributed by atoms with Crippen LogP contribution in [0.4, 0.5) is 0 Å².